The third-order valence-corrected chi connectivity index (χ3v) is 4.66. The lowest BCUT2D eigenvalue weighted by Gasteiger charge is -2.35. The van der Waals surface area contributed by atoms with E-state index in [0.29, 0.717) is 23.4 Å². The van der Waals surface area contributed by atoms with Crippen molar-refractivity contribution in [3.05, 3.63) is 28.8 Å². The number of anilines is 1. The summed E-state index contributed by atoms with van der Waals surface area (Å²) in [5, 5.41) is 9.31. The van der Waals surface area contributed by atoms with Crippen LogP contribution in [0.1, 0.15) is 66.9 Å². The number of hydrogen-bond acceptors (Lipinski definition) is 2. The maximum Gasteiger partial charge on any atom is 0.337 e. The largest absolute Gasteiger partial charge is 0.478 e. The van der Waals surface area contributed by atoms with E-state index in [4.69, 9.17) is 5.73 Å². The lowest BCUT2D eigenvalue weighted by atomic mass is 9.70. The number of hydrogen-bond donors (Lipinski definition) is 2. The number of aromatic carboxylic acids is 1. The number of nitrogens with two attached hydrogens (primary N) is 1. The first-order valence-electron chi connectivity index (χ1n) is 7.55. The van der Waals surface area contributed by atoms with Crippen molar-refractivity contribution in [1.82, 2.24) is 0 Å². The van der Waals surface area contributed by atoms with Crippen molar-refractivity contribution in [2.75, 3.05) is 5.73 Å². The Balaban J connectivity index is 2.47. The van der Waals surface area contributed by atoms with Crippen LogP contribution in [0.15, 0.2) is 12.1 Å². The summed E-state index contributed by atoms with van der Waals surface area (Å²) in [6, 6.07) is 3.77. The fourth-order valence-electron chi connectivity index (χ4n) is 3.65. The molecule has 1 fully saturated rings. The lowest BCUT2D eigenvalue weighted by Crippen LogP contribution is -2.24. The molecule has 2 atom stereocenters. The highest BCUT2D eigenvalue weighted by Crippen LogP contribution is 2.44. The van der Waals surface area contributed by atoms with Crippen LogP contribution in [0.5, 0.6) is 0 Å². The predicted molar refractivity (Wildman–Crippen MR) is 82.1 cm³/mol. The third kappa shape index (κ3) is 2.82. The van der Waals surface area contributed by atoms with Crippen molar-refractivity contribution < 1.29 is 9.90 Å². The lowest BCUT2D eigenvalue weighted by molar-refractivity contribution is 0.0697. The van der Waals surface area contributed by atoms with E-state index < -0.39 is 5.97 Å². The van der Waals surface area contributed by atoms with Gasteiger partial charge in [-0.1, -0.05) is 32.8 Å². The van der Waals surface area contributed by atoms with Crippen LogP contribution in [-0.2, 0) is 0 Å². The molecule has 110 valence electrons. The van der Waals surface area contributed by atoms with Gasteiger partial charge in [-0.2, -0.15) is 0 Å². The summed E-state index contributed by atoms with van der Waals surface area (Å²) in [5.41, 5.74) is 8.94. The summed E-state index contributed by atoms with van der Waals surface area (Å²) in [6.07, 6.45) is 4.83. The van der Waals surface area contributed by atoms with Crippen LogP contribution in [-0.4, -0.2) is 11.1 Å². The van der Waals surface area contributed by atoms with Crippen molar-refractivity contribution >= 4 is 11.7 Å². The topological polar surface area (TPSA) is 63.3 Å². The second kappa shape index (κ2) is 5.86. The molecule has 0 amide bonds. The molecule has 2 unspecified atom stereocenters. The average molecular weight is 275 g/mol. The van der Waals surface area contributed by atoms with Gasteiger partial charge in [0.2, 0.25) is 0 Å². The molecule has 0 radical (unpaired) electrons. The van der Waals surface area contributed by atoms with Gasteiger partial charge in [-0.05, 0) is 54.7 Å². The fraction of sp³-hybridized carbons (Fsp3) is 0.588. The number of benzene rings is 1. The van der Waals surface area contributed by atoms with E-state index in [1.165, 1.54) is 19.3 Å². The zero-order chi connectivity index (χ0) is 14.9. The van der Waals surface area contributed by atoms with Gasteiger partial charge >= 0.3 is 5.97 Å². The number of aryl methyl sites for hydroxylation is 1. The summed E-state index contributed by atoms with van der Waals surface area (Å²) in [4.78, 5) is 11.3. The van der Waals surface area contributed by atoms with Gasteiger partial charge in [-0.3, -0.25) is 0 Å². The monoisotopic (exact) mass is 275 g/mol. The van der Waals surface area contributed by atoms with Crippen molar-refractivity contribution in [3.8, 4) is 0 Å². The zero-order valence-corrected chi connectivity index (χ0v) is 12.6. The number of carbonyl (C=O) groups is 1. The SMILES string of the molecule is Cc1cc(C(=O)O)c(N)c(C2CCCCC2C(C)C)c1. The minimum atomic E-state index is -0.927. The Hall–Kier alpha value is -1.51. The van der Waals surface area contributed by atoms with Gasteiger partial charge in [-0.25, -0.2) is 4.79 Å². The smallest absolute Gasteiger partial charge is 0.337 e. The molecule has 3 heteroatoms. The van der Waals surface area contributed by atoms with E-state index in [0.717, 1.165) is 17.5 Å². The summed E-state index contributed by atoms with van der Waals surface area (Å²) >= 11 is 0. The normalized spacial score (nSPS) is 23.0. The standard InChI is InChI=1S/C17H25NO2/c1-10(2)12-6-4-5-7-13(12)14-8-11(3)9-15(16(14)18)17(19)20/h8-10,12-13H,4-7,18H2,1-3H3,(H,19,20). The number of rotatable bonds is 3. The Morgan fingerprint density at radius 3 is 2.55 bits per heavy atom. The molecule has 20 heavy (non-hydrogen) atoms. The Labute approximate surface area is 121 Å². The summed E-state index contributed by atoms with van der Waals surface area (Å²) in [5.74, 6) is 0.689. The Morgan fingerprint density at radius 2 is 1.95 bits per heavy atom. The third-order valence-electron chi connectivity index (χ3n) is 4.66. The molecule has 2 rings (SSSR count). The molecule has 1 aliphatic carbocycles. The highest BCUT2D eigenvalue weighted by atomic mass is 16.4. The van der Waals surface area contributed by atoms with Crippen LogP contribution in [0.4, 0.5) is 5.69 Å². The van der Waals surface area contributed by atoms with Gasteiger partial charge in [0.15, 0.2) is 0 Å². The van der Waals surface area contributed by atoms with Crippen LogP contribution in [0.25, 0.3) is 0 Å². The number of carboxylic acids is 1. The second-order valence-electron chi connectivity index (χ2n) is 6.42. The molecule has 1 aliphatic rings. The quantitative estimate of drug-likeness (QED) is 0.812. The van der Waals surface area contributed by atoms with E-state index in [-0.39, 0.29) is 5.56 Å². The van der Waals surface area contributed by atoms with E-state index in [1.54, 1.807) is 6.07 Å². The first-order valence-corrected chi connectivity index (χ1v) is 7.55. The van der Waals surface area contributed by atoms with Crippen molar-refractivity contribution in [3.63, 3.8) is 0 Å². The molecule has 0 spiro atoms. The molecule has 3 N–H and O–H groups in total. The second-order valence-corrected chi connectivity index (χ2v) is 6.42. The van der Waals surface area contributed by atoms with Gasteiger partial charge in [0.25, 0.3) is 0 Å². The van der Waals surface area contributed by atoms with Gasteiger partial charge < -0.3 is 10.8 Å². The average Bonchev–Trinajstić information content (AvgIpc) is 2.40. The Morgan fingerprint density at radius 1 is 1.30 bits per heavy atom. The van der Waals surface area contributed by atoms with E-state index in [9.17, 15) is 9.90 Å². The molecular formula is C17H25NO2. The maximum atomic E-state index is 11.3. The molecule has 3 nitrogen and oxygen atoms in total. The van der Waals surface area contributed by atoms with Crippen molar-refractivity contribution in [2.24, 2.45) is 11.8 Å². The van der Waals surface area contributed by atoms with Gasteiger partial charge in [0, 0.05) is 5.69 Å². The first-order chi connectivity index (χ1) is 9.41. The fourth-order valence-corrected chi connectivity index (χ4v) is 3.65. The van der Waals surface area contributed by atoms with Gasteiger partial charge in [0.05, 0.1) is 5.56 Å². The molecule has 0 heterocycles. The van der Waals surface area contributed by atoms with Crippen LogP contribution in [0.2, 0.25) is 0 Å². The summed E-state index contributed by atoms with van der Waals surface area (Å²) in [6.45, 7) is 6.46. The van der Waals surface area contributed by atoms with Gasteiger partial charge in [-0.15, -0.1) is 0 Å². The molecule has 1 aromatic carbocycles. The Kier molecular flexibility index (Phi) is 4.36. The van der Waals surface area contributed by atoms with E-state index in [1.807, 2.05) is 6.92 Å². The molecule has 1 saturated carbocycles. The molecular weight excluding hydrogens is 250 g/mol. The summed E-state index contributed by atoms with van der Waals surface area (Å²) in [7, 11) is 0. The molecule has 0 saturated heterocycles. The van der Waals surface area contributed by atoms with Crippen molar-refractivity contribution in [2.45, 2.75) is 52.4 Å². The summed E-state index contributed by atoms with van der Waals surface area (Å²) < 4.78 is 0. The molecule has 0 bridgehead atoms. The minimum Gasteiger partial charge on any atom is -0.478 e. The van der Waals surface area contributed by atoms with Gasteiger partial charge in [0.1, 0.15) is 0 Å². The molecule has 0 aliphatic heterocycles. The van der Waals surface area contributed by atoms with Crippen molar-refractivity contribution in [1.29, 1.82) is 0 Å². The Bertz CT molecular complexity index is 508. The highest BCUT2D eigenvalue weighted by molar-refractivity contribution is 5.94. The van der Waals surface area contributed by atoms with Crippen LogP contribution in [0, 0.1) is 18.8 Å². The molecule has 1 aromatic rings. The van der Waals surface area contributed by atoms with Crippen LogP contribution in [0.3, 0.4) is 0 Å². The highest BCUT2D eigenvalue weighted by Gasteiger charge is 2.31. The number of nitrogen functional groups attached to an aromatic ring is 1. The number of carboxylic acid groups (broad SMARTS) is 1. The van der Waals surface area contributed by atoms with Crippen LogP contribution < -0.4 is 5.73 Å². The predicted octanol–water partition coefficient (Wildman–Crippen LogP) is 4.21. The molecule has 0 aromatic heterocycles. The first kappa shape index (κ1) is 14.9. The van der Waals surface area contributed by atoms with E-state index >= 15 is 0 Å². The van der Waals surface area contributed by atoms with E-state index in [2.05, 4.69) is 19.9 Å². The van der Waals surface area contributed by atoms with Crippen LogP contribution >= 0.6 is 0 Å². The minimum absolute atomic E-state index is 0.257. The maximum absolute atomic E-state index is 11.3. The zero-order valence-electron chi connectivity index (χ0n) is 12.6.